The third-order valence-corrected chi connectivity index (χ3v) is 6.43. The molecule has 0 spiro atoms. The molecule has 7 nitrogen and oxygen atoms in total. The number of hydrogen-bond acceptors (Lipinski definition) is 5. The van der Waals surface area contributed by atoms with Crippen molar-refractivity contribution in [3.63, 3.8) is 0 Å². The van der Waals surface area contributed by atoms with Gasteiger partial charge in [-0.05, 0) is 43.7 Å². The fourth-order valence-electron chi connectivity index (χ4n) is 3.67. The van der Waals surface area contributed by atoms with Crippen LogP contribution in [0, 0.1) is 6.92 Å². The first-order valence-electron chi connectivity index (χ1n) is 10.6. The summed E-state index contributed by atoms with van der Waals surface area (Å²) in [5, 5.41) is 8.55. The van der Waals surface area contributed by atoms with E-state index in [0.29, 0.717) is 22.8 Å². The summed E-state index contributed by atoms with van der Waals surface area (Å²) in [5.74, 6) is 0.284. The fraction of sp³-hybridized carbons (Fsp3) is 0.120. The van der Waals surface area contributed by atoms with Crippen molar-refractivity contribution < 1.29 is 4.79 Å². The zero-order valence-electron chi connectivity index (χ0n) is 18.1. The summed E-state index contributed by atoms with van der Waals surface area (Å²) in [6, 6.07) is 20.5. The summed E-state index contributed by atoms with van der Waals surface area (Å²) in [6.45, 7) is 3.89. The Morgan fingerprint density at radius 1 is 1.09 bits per heavy atom. The van der Waals surface area contributed by atoms with Crippen molar-refractivity contribution in [1.82, 2.24) is 19.7 Å². The Morgan fingerprint density at radius 3 is 2.70 bits per heavy atom. The van der Waals surface area contributed by atoms with Gasteiger partial charge in [0.25, 0.3) is 11.5 Å². The van der Waals surface area contributed by atoms with E-state index in [4.69, 9.17) is 0 Å². The standard InChI is InChI=1S/C25H21N5O2S/c1-3-17-13-22(31)28-23(26-17)16-8-7-9-18(12-16)27-24(32)21-14-20-15(2)29-30(25(20)33-21)19-10-5-4-6-11-19/h4-14H,3H2,1-2H3,(H,27,32)(H,26,28,31). The van der Waals surface area contributed by atoms with E-state index < -0.39 is 0 Å². The molecule has 0 aliphatic heterocycles. The second kappa shape index (κ2) is 8.48. The van der Waals surface area contributed by atoms with Crippen LogP contribution in [-0.2, 0) is 6.42 Å². The quantitative estimate of drug-likeness (QED) is 0.392. The zero-order valence-corrected chi connectivity index (χ0v) is 18.9. The van der Waals surface area contributed by atoms with Crippen molar-refractivity contribution in [2.45, 2.75) is 20.3 Å². The molecule has 1 amide bonds. The third-order valence-electron chi connectivity index (χ3n) is 5.32. The molecule has 164 valence electrons. The van der Waals surface area contributed by atoms with Gasteiger partial charge in [-0.1, -0.05) is 37.3 Å². The van der Waals surface area contributed by atoms with Crippen LogP contribution in [0.25, 0.3) is 27.3 Å². The van der Waals surface area contributed by atoms with Gasteiger partial charge in [0.05, 0.1) is 16.3 Å². The van der Waals surface area contributed by atoms with Crippen LogP contribution in [-0.4, -0.2) is 25.7 Å². The highest BCUT2D eigenvalue weighted by Gasteiger charge is 2.17. The smallest absolute Gasteiger partial charge is 0.265 e. The van der Waals surface area contributed by atoms with Gasteiger partial charge in [0.1, 0.15) is 10.7 Å². The maximum Gasteiger partial charge on any atom is 0.265 e. The number of aromatic nitrogens is 4. The Balaban J connectivity index is 1.44. The lowest BCUT2D eigenvalue weighted by molar-refractivity contribution is 0.103. The van der Waals surface area contributed by atoms with Crippen LogP contribution < -0.4 is 10.9 Å². The predicted octanol–water partition coefficient (Wildman–Crippen LogP) is 4.96. The van der Waals surface area contributed by atoms with Gasteiger partial charge in [0, 0.05) is 28.4 Å². The summed E-state index contributed by atoms with van der Waals surface area (Å²) < 4.78 is 1.87. The van der Waals surface area contributed by atoms with E-state index >= 15 is 0 Å². The second-order valence-corrected chi connectivity index (χ2v) is 8.67. The highest BCUT2D eigenvalue weighted by molar-refractivity contribution is 7.20. The van der Waals surface area contributed by atoms with E-state index in [9.17, 15) is 9.59 Å². The van der Waals surface area contributed by atoms with Gasteiger partial charge in [-0.2, -0.15) is 5.10 Å². The van der Waals surface area contributed by atoms with E-state index in [1.54, 1.807) is 6.07 Å². The molecule has 0 bridgehead atoms. The number of para-hydroxylation sites is 1. The molecule has 5 rings (SSSR count). The average Bonchev–Trinajstić information content (AvgIpc) is 3.40. The first kappa shape index (κ1) is 20.8. The molecule has 3 aromatic heterocycles. The number of aromatic amines is 1. The number of anilines is 1. The topological polar surface area (TPSA) is 92.7 Å². The van der Waals surface area contributed by atoms with Crippen LogP contribution in [0.5, 0.6) is 0 Å². The molecular weight excluding hydrogens is 434 g/mol. The van der Waals surface area contributed by atoms with Crippen LogP contribution in [0.3, 0.4) is 0 Å². The molecule has 2 N–H and O–H groups in total. The molecule has 2 aromatic carbocycles. The molecule has 0 unspecified atom stereocenters. The van der Waals surface area contributed by atoms with Crippen LogP contribution in [0.1, 0.15) is 28.0 Å². The molecule has 0 saturated carbocycles. The molecule has 0 saturated heterocycles. The summed E-state index contributed by atoms with van der Waals surface area (Å²) >= 11 is 1.40. The Morgan fingerprint density at radius 2 is 1.91 bits per heavy atom. The van der Waals surface area contributed by atoms with Crippen molar-refractivity contribution in [3.8, 4) is 17.1 Å². The number of H-pyrrole nitrogens is 1. The number of benzene rings is 2. The molecule has 33 heavy (non-hydrogen) atoms. The predicted molar refractivity (Wildman–Crippen MR) is 131 cm³/mol. The van der Waals surface area contributed by atoms with E-state index in [0.717, 1.165) is 32.9 Å². The monoisotopic (exact) mass is 455 g/mol. The van der Waals surface area contributed by atoms with E-state index in [1.807, 2.05) is 73.1 Å². The van der Waals surface area contributed by atoms with Gasteiger partial charge in [0.2, 0.25) is 0 Å². The number of rotatable bonds is 5. The lowest BCUT2D eigenvalue weighted by Gasteiger charge is -2.07. The van der Waals surface area contributed by atoms with E-state index in [2.05, 4.69) is 20.4 Å². The Kier molecular flexibility index (Phi) is 5.35. The lowest BCUT2D eigenvalue weighted by Crippen LogP contribution is -2.11. The number of nitrogens with zero attached hydrogens (tertiary/aromatic N) is 3. The van der Waals surface area contributed by atoms with Gasteiger partial charge in [-0.15, -0.1) is 11.3 Å². The third kappa shape index (κ3) is 4.08. The minimum absolute atomic E-state index is 0.195. The second-order valence-electron chi connectivity index (χ2n) is 7.64. The minimum atomic E-state index is -0.198. The summed E-state index contributed by atoms with van der Waals surface area (Å²) in [6.07, 6.45) is 0.666. The molecule has 0 aliphatic rings. The minimum Gasteiger partial charge on any atom is -0.321 e. The summed E-state index contributed by atoms with van der Waals surface area (Å²) in [4.78, 5) is 33.8. The largest absolute Gasteiger partial charge is 0.321 e. The Labute approximate surface area is 193 Å². The molecule has 0 atom stereocenters. The Hall–Kier alpha value is -4.04. The van der Waals surface area contributed by atoms with Gasteiger partial charge >= 0.3 is 0 Å². The molecule has 0 radical (unpaired) electrons. The molecular formula is C25H21N5O2S. The SMILES string of the molecule is CCc1cc(=O)[nH]c(-c2cccc(NC(=O)c3cc4c(C)nn(-c5ccccc5)c4s3)c2)n1. The number of carbonyl (C=O) groups excluding carboxylic acids is 1. The normalized spacial score (nSPS) is 11.1. The highest BCUT2D eigenvalue weighted by Crippen LogP contribution is 2.31. The first-order chi connectivity index (χ1) is 16.0. The van der Waals surface area contributed by atoms with Crippen LogP contribution in [0.2, 0.25) is 0 Å². The van der Waals surface area contributed by atoms with Crippen molar-refractivity contribution in [2.24, 2.45) is 0 Å². The zero-order chi connectivity index (χ0) is 22.9. The number of carbonyl (C=O) groups is 1. The van der Waals surface area contributed by atoms with Crippen molar-refractivity contribution in [1.29, 1.82) is 0 Å². The highest BCUT2D eigenvalue weighted by atomic mass is 32.1. The molecule has 5 aromatic rings. The number of amides is 1. The van der Waals surface area contributed by atoms with Gasteiger partial charge < -0.3 is 10.3 Å². The van der Waals surface area contributed by atoms with E-state index in [1.165, 1.54) is 17.4 Å². The molecule has 3 heterocycles. The van der Waals surface area contributed by atoms with Crippen LogP contribution in [0.15, 0.2) is 71.5 Å². The van der Waals surface area contributed by atoms with Crippen LogP contribution in [0.4, 0.5) is 5.69 Å². The number of hydrogen-bond donors (Lipinski definition) is 2. The van der Waals surface area contributed by atoms with E-state index in [-0.39, 0.29) is 11.5 Å². The van der Waals surface area contributed by atoms with Crippen molar-refractivity contribution in [2.75, 3.05) is 5.32 Å². The van der Waals surface area contributed by atoms with Gasteiger partial charge in [-0.3, -0.25) is 9.59 Å². The summed E-state index contributed by atoms with van der Waals surface area (Å²) in [5.41, 5.74) is 3.70. The summed E-state index contributed by atoms with van der Waals surface area (Å²) in [7, 11) is 0. The van der Waals surface area contributed by atoms with Gasteiger partial charge in [0.15, 0.2) is 0 Å². The van der Waals surface area contributed by atoms with Crippen molar-refractivity contribution in [3.05, 3.63) is 93.3 Å². The Bertz CT molecular complexity index is 1530. The average molecular weight is 456 g/mol. The fourth-order valence-corrected chi connectivity index (χ4v) is 4.74. The number of aryl methyl sites for hydroxylation is 2. The van der Waals surface area contributed by atoms with Crippen molar-refractivity contribution >= 4 is 33.1 Å². The maximum absolute atomic E-state index is 13.0. The lowest BCUT2D eigenvalue weighted by atomic mass is 10.1. The van der Waals surface area contributed by atoms with Crippen LogP contribution >= 0.6 is 11.3 Å². The van der Waals surface area contributed by atoms with Gasteiger partial charge in [-0.25, -0.2) is 9.67 Å². The maximum atomic E-state index is 13.0. The number of fused-ring (bicyclic) bond motifs is 1. The molecule has 0 aliphatic carbocycles. The first-order valence-corrected chi connectivity index (χ1v) is 11.4. The number of nitrogens with one attached hydrogen (secondary N) is 2. The molecule has 8 heteroatoms. The number of thiophene rings is 1. The molecule has 0 fully saturated rings.